The summed E-state index contributed by atoms with van der Waals surface area (Å²) in [5.74, 6) is -1.78. The van der Waals surface area contributed by atoms with Crippen LogP contribution in [0, 0.1) is 0 Å². The van der Waals surface area contributed by atoms with Crippen LogP contribution in [-0.4, -0.2) is 39.7 Å². The van der Waals surface area contributed by atoms with E-state index in [1.165, 1.54) is 42.3 Å². The van der Waals surface area contributed by atoms with Crippen molar-refractivity contribution in [2.75, 3.05) is 6.54 Å². The molecule has 126 valence electrons. The number of nitrogens with one attached hydrogen (secondary N) is 2. The van der Waals surface area contributed by atoms with Crippen LogP contribution in [0.3, 0.4) is 0 Å². The standard InChI is InChI=1S/C14H16N2.C4H4O4/c1-3-11-10-4-2-6-15-13(10)7-9-8-16-12(5-1)14(9)11;5-3(6)1-2-4(7)8/h1,3,5,8,10,13,15-16H,2,4,6-7H2;1-2H,(H,5,6)(H,7,8)/b;2-1-/t10-,13-;/m1./s1. The van der Waals surface area contributed by atoms with Gasteiger partial charge in [0.2, 0.25) is 0 Å². The van der Waals surface area contributed by atoms with Crippen molar-refractivity contribution in [2.45, 2.75) is 31.2 Å². The maximum atomic E-state index is 9.55. The average Bonchev–Trinajstić information content (AvgIpc) is 2.98. The smallest absolute Gasteiger partial charge is 0.328 e. The van der Waals surface area contributed by atoms with Crippen molar-refractivity contribution >= 4 is 22.8 Å². The lowest BCUT2D eigenvalue weighted by molar-refractivity contribution is -0.134. The van der Waals surface area contributed by atoms with Crippen LogP contribution in [0.2, 0.25) is 0 Å². The summed E-state index contributed by atoms with van der Waals surface area (Å²) >= 11 is 0. The predicted molar refractivity (Wildman–Crippen MR) is 90.2 cm³/mol. The van der Waals surface area contributed by atoms with Gasteiger partial charge in [0.05, 0.1) is 0 Å². The molecule has 1 fully saturated rings. The number of aromatic nitrogens is 1. The van der Waals surface area contributed by atoms with Crippen molar-refractivity contribution in [2.24, 2.45) is 0 Å². The maximum Gasteiger partial charge on any atom is 0.328 e. The molecule has 4 rings (SSSR count). The van der Waals surface area contributed by atoms with Crippen molar-refractivity contribution in [3.63, 3.8) is 0 Å². The Kier molecular flexibility index (Phi) is 4.66. The van der Waals surface area contributed by atoms with Crippen LogP contribution in [0.15, 0.2) is 36.5 Å². The zero-order valence-electron chi connectivity index (χ0n) is 13.2. The molecule has 4 N–H and O–H groups in total. The molecule has 2 aromatic rings. The molecule has 1 aromatic heterocycles. The second-order valence-electron chi connectivity index (χ2n) is 6.11. The fraction of sp³-hybridized carbons (Fsp3) is 0.333. The summed E-state index contributed by atoms with van der Waals surface area (Å²) in [5, 5.41) is 20.8. The number of H-pyrrole nitrogens is 1. The number of carboxylic acids is 2. The van der Waals surface area contributed by atoms with E-state index in [9.17, 15) is 9.59 Å². The second kappa shape index (κ2) is 6.88. The average molecular weight is 328 g/mol. The van der Waals surface area contributed by atoms with E-state index in [1.54, 1.807) is 5.56 Å². The number of hydrogen-bond acceptors (Lipinski definition) is 3. The fourth-order valence-corrected chi connectivity index (χ4v) is 3.67. The van der Waals surface area contributed by atoms with Crippen LogP contribution < -0.4 is 5.32 Å². The Morgan fingerprint density at radius 3 is 2.62 bits per heavy atom. The second-order valence-corrected chi connectivity index (χ2v) is 6.11. The first-order valence-electron chi connectivity index (χ1n) is 8.02. The molecule has 1 saturated heterocycles. The van der Waals surface area contributed by atoms with Gasteiger partial charge in [-0.1, -0.05) is 12.1 Å². The van der Waals surface area contributed by atoms with Gasteiger partial charge in [-0.3, -0.25) is 0 Å². The first kappa shape index (κ1) is 16.3. The van der Waals surface area contributed by atoms with Crippen LogP contribution in [0.1, 0.15) is 29.9 Å². The highest BCUT2D eigenvalue weighted by atomic mass is 16.4. The van der Waals surface area contributed by atoms with Crippen LogP contribution >= 0.6 is 0 Å². The molecule has 2 aliphatic rings. The predicted octanol–water partition coefficient (Wildman–Crippen LogP) is 2.27. The third-order valence-electron chi connectivity index (χ3n) is 4.61. The Balaban J connectivity index is 0.000000183. The number of piperidine rings is 1. The quantitative estimate of drug-likeness (QED) is 0.633. The number of carbonyl (C=O) groups is 2. The van der Waals surface area contributed by atoms with Gasteiger partial charge in [0.1, 0.15) is 0 Å². The fourth-order valence-electron chi connectivity index (χ4n) is 3.67. The Labute approximate surface area is 139 Å². The van der Waals surface area contributed by atoms with E-state index in [-0.39, 0.29) is 0 Å². The summed E-state index contributed by atoms with van der Waals surface area (Å²) in [4.78, 5) is 22.5. The summed E-state index contributed by atoms with van der Waals surface area (Å²) in [5.41, 5.74) is 4.38. The molecular weight excluding hydrogens is 308 g/mol. The summed E-state index contributed by atoms with van der Waals surface area (Å²) < 4.78 is 0. The van der Waals surface area contributed by atoms with Crippen molar-refractivity contribution < 1.29 is 19.8 Å². The molecule has 0 unspecified atom stereocenters. The molecule has 0 bridgehead atoms. The van der Waals surface area contributed by atoms with Gasteiger partial charge in [0, 0.05) is 41.2 Å². The Bertz CT molecular complexity index is 777. The van der Waals surface area contributed by atoms with Gasteiger partial charge < -0.3 is 20.5 Å². The van der Waals surface area contributed by atoms with Crippen molar-refractivity contribution in [1.82, 2.24) is 10.3 Å². The van der Waals surface area contributed by atoms with Crippen LogP contribution in [0.4, 0.5) is 0 Å². The third-order valence-corrected chi connectivity index (χ3v) is 4.61. The van der Waals surface area contributed by atoms with Crippen molar-refractivity contribution in [3.05, 3.63) is 47.7 Å². The number of aromatic amines is 1. The summed E-state index contributed by atoms with van der Waals surface area (Å²) in [6.45, 7) is 1.19. The largest absolute Gasteiger partial charge is 0.478 e. The van der Waals surface area contributed by atoms with Crippen LogP contribution in [0.5, 0.6) is 0 Å². The molecule has 0 spiro atoms. The van der Waals surface area contributed by atoms with Crippen LogP contribution in [-0.2, 0) is 16.0 Å². The van der Waals surface area contributed by atoms with Crippen molar-refractivity contribution in [3.8, 4) is 0 Å². The Morgan fingerprint density at radius 2 is 1.92 bits per heavy atom. The number of benzene rings is 1. The molecule has 6 nitrogen and oxygen atoms in total. The first-order chi connectivity index (χ1) is 11.6. The molecule has 6 heteroatoms. The number of carboxylic acid groups (broad SMARTS) is 2. The zero-order chi connectivity index (χ0) is 17.1. The lowest BCUT2D eigenvalue weighted by atomic mass is 9.76. The summed E-state index contributed by atoms with van der Waals surface area (Å²) in [6, 6.07) is 7.37. The first-order valence-corrected chi connectivity index (χ1v) is 8.02. The van der Waals surface area contributed by atoms with Crippen LogP contribution in [0.25, 0.3) is 10.9 Å². The number of fused-ring (bicyclic) bond motifs is 2. The minimum absolute atomic E-state index is 0.558. The molecule has 1 aromatic carbocycles. The molecule has 24 heavy (non-hydrogen) atoms. The van der Waals surface area contributed by atoms with Gasteiger partial charge in [-0.05, 0) is 43.0 Å². The molecule has 1 aliphatic heterocycles. The highest BCUT2D eigenvalue weighted by Crippen LogP contribution is 2.40. The Hall–Kier alpha value is -2.60. The molecule has 0 radical (unpaired) electrons. The van der Waals surface area contributed by atoms with Gasteiger partial charge in [-0.15, -0.1) is 0 Å². The molecule has 2 atom stereocenters. The third kappa shape index (κ3) is 3.33. The van der Waals surface area contributed by atoms with E-state index < -0.39 is 11.9 Å². The van der Waals surface area contributed by atoms with Gasteiger partial charge >= 0.3 is 11.9 Å². The lowest BCUT2D eigenvalue weighted by Gasteiger charge is -2.36. The molecule has 0 saturated carbocycles. The molecule has 2 heterocycles. The molecular formula is C18H20N2O4. The minimum Gasteiger partial charge on any atom is -0.478 e. The summed E-state index contributed by atoms with van der Waals surface area (Å²) in [7, 11) is 0. The monoisotopic (exact) mass is 328 g/mol. The normalized spacial score (nSPS) is 21.8. The Morgan fingerprint density at radius 1 is 1.17 bits per heavy atom. The summed E-state index contributed by atoms with van der Waals surface area (Å²) in [6.07, 6.45) is 7.17. The van der Waals surface area contributed by atoms with Gasteiger partial charge in [0.25, 0.3) is 0 Å². The van der Waals surface area contributed by atoms with E-state index in [0.717, 1.165) is 5.92 Å². The highest BCUT2D eigenvalue weighted by molar-refractivity contribution is 5.89. The SMILES string of the molecule is O=C(O)/C=C\C(=O)O.c1cc2c3c(c[nH]c3c1)C[C@H]1NCCC[C@H]21. The lowest BCUT2D eigenvalue weighted by Crippen LogP contribution is -2.43. The van der Waals surface area contributed by atoms with E-state index >= 15 is 0 Å². The van der Waals surface area contributed by atoms with E-state index in [1.807, 2.05) is 0 Å². The van der Waals surface area contributed by atoms with E-state index in [4.69, 9.17) is 10.2 Å². The van der Waals surface area contributed by atoms with Gasteiger partial charge in [-0.2, -0.15) is 0 Å². The minimum atomic E-state index is -1.26. The van der Waals surface area contributed by atoms with E-state index in [0.29, 0.717) is 18.2 Å². The van der Waals surface area contributed by atoms with Crippen molar-refractivity contribution in [1.29, 1.82) is 0 Å². The maximum absolute atomic E-state index is 9.55. The molecule has 0 amide bonds. The topological polar surface area (TPSA) is 102 Å². The molecule has 1 aliphatic carbocycles. The highest BCUT2D eigenvalue weighted by Gasteiger charge is 2.32. The number of aliphatic carboxylic acids is 2. The number of rotatable bonds is 2. The van der Waals surface area contributed by atoms with E-state index in [2.05, 4.69) is 34.7 Å². The van der Waals surface area contributed by atoms with Gasteiger partial charge in [-0.25, -0.2) is 9.59 Å². The number of hydrogen-bond donors (Lipinski definition) is 4. The van der Waals surface area contributed by atoms with Gasteiger partial charge in [0.15, 0.2) is 0 Å². The zero-order valence-corrected chi connectivity index (χ0v) is 13.2.